The standard InChI is InChI=1S/C19H16ClN5O4/c1-27-24-10-16-17(21)22-11-23-18(16)28-14-5-7-15(8-6-14)29-19(26)25-13-4-2-3-12(20)9-13/h2-11H,1H3,(H,25,26)(H2,21,22,23). The van der Waals surface area contributed by atoms with Gasteiger partial charge in [-0.1, -0.05) is 22.8 Å². The first-order valence-electron chi connectivity index (χ1n) is 8.24. The van der Waals surface area contributed by atoms with Crippen LogP contribution in [0.25, 0.3) is 0 Å². The molecule has 1 amide bonds. The molecule has 0 unspecified atom stereocenters. The molecule has 3 rings (SSSR count). The third-order valence-electron chi connectivity index (χ3n) is 3.49. The first kappa shape index (κ1) is 19.9. The highest BCUT2D eigenvalue weighted by Gasteiger charge is 2.11. The van der Waals surface area contributed by atoms with Crippen LogP contribution in [0.3, 0.4) is 0 Å². The number of nitrogens with one attached hydrogen (secondary N) is 1. The summed E-state index contributed by atoms with van der Waals surface area (Å²) in [5.41, 5.74) is 6.71. The predicted molar refractivity (Wildman–Crippen MR) is 109 cm³/mol. The van der Waals surface area contributed by atoms with Gasteiger partial charge in [0.15, 0.2) is 0 Å². The zero-order valence-corrected chi connectivity index (χ0v) is 16.0. The fraction of sp³-hybridized carbons (Fsp3) is 0.0526. The number of oxime groups is 1. The number of nitrogens with zero attached hydrogens (tertiary/aromatic N) is 3. The predicted octanol–water partition coefficient (Wildman–Crippen LogP) is 4.10. The van der Waals surface area contributed by atoms with E-state index in [1.807, 2.05) is 0 Å². The van der Waals surface area contributed by atoms with Gasteiger partial charge >= 0.3 is 6.09 Å². The molecule has 0 spiro atoms. The maximum Gasteiger partial charge on any atom is 0.417 e. The molecule has 0 saturated carbocycles. The molecule has 0 bridgehead atoms. The van der Waals surface area contributed by atoms with Crippen LogP contribution in [-0.2, 0) is 4.84 Å². The summed E-state index contributed by atoms with van der Waals surface area (Å²) in [6, 6.07) is 13.1. The van der Waals surface area contributed by atoms with E-state index in [-0.39, 0.29) is 11.7 Å². The van der Waals surface area contributed by atoms with E-state index in [4.69, 9.17) is 26.8 Å². The van der Waals surface area contributed by atoms with Crippen LogP contribution in [0.4, 0.5) is 16.3 Å². The quantitative estimate of drug-likeness (QED) is 0.461. The topological polar surface area (TPSA) is 121 Å². The summed E-state index contributed by atoms with van der Waals surface area (Å²) in [6.07, 6.45) is 1.97. The number of hydrogen-bond acceptors (Lipinski definition) is 8. The van der Waals surface area contributed by atoms with Crippen LogP contribution in [0.2, 0.25) is 5.02 Å². The Hall–Kier alpha value is -3.85. The summed E-state index contributed by atoms with van der Waals surface area (Å²) in [4.78, 5) is 24.6. The number of rotatable bonds is 6. The van der Waals surface area contributed by atoms with E-state index in [0.29, 0.717) is 27.8 Å². The second-order valence-corrected chi connectivity index (χ2v) is 5.93. The smallest absolute Gasteiger partial charge is 0.417 e. The maximum atomic E-state index is 12.0. The van der Waals surface area contributed by atoms with Gasteiger partial charge in [-0.25, -0.2) is 14.8 Å². The van der Waals surface area contributed by atoms with E-state index in [9.17, 15) is 4.79 Å². The summed E-state index contributed by atoms with van der Waals surface area (Å²) in [6.45, 7) is 0. The Bertz CT molecular complexity index is 1030. The number of nitrogen functional groups attached to an aromatic ring is 1. The van der Waals surface area contributed by atoms with Gasteiger partial charge in [-0.15, -0.1) is 0 Å². The van der Waals surface area contributed by atoms with E-state index in [2.05, 4.69) is 25.3 Å². The minimum absolute atomic E-state index is 0.188. The highest BCUT2D eigenvalue weighted by molar-refractivity contribution is 6.30. The number of ether oxygens (including phenoxy) is 2. The number of carbonyl (C=O) groups is 1. The van der Waals surface area contributed by atoms with Crippen molar-refractivity contribution in [3.8, 4) is 17.4 Å². The van der Waals surface area contributed by atoms with Crippen LogP contribution in [-0.4, -0.2) is 29.4 Å². The first-order chi connectivity index (χ1) is 14.0. The van der Waals surface area contributed by atoms with Crippen molar-refractivity contribution < 1.29 is 19.1 Å². The van der Waals surface area contributed by atoms with Gasteiger partial charge < -0.3 is 20.0 Å². The van der Waals surface area contributed by atoms with Gasteiger partial charge in [-0.05, 0) is 42.5 Å². The molecule has 0 aliphatic carbocycles. The summed E-state index contributed by atoms with van der Waals surface area (Å²) in [5, 5.41) is 6.74. The third kappa shape index (κ3) is 5.56. The van der Waals surface area contributed by atoms with Gasteiger partial charge in [0.25, 0.3) is 0 Å². The van der Waals surface area contributed by atoms with Crippen LogP contribution >= 0.6 is 11.6 Å². The number of halogens is 1. The molecule has 3 aromatic rings. The van der Waals surface area contributed by atoms with Gasteiger partial charge in [0.2, 0.25) is 5.88 Å². The molecule has 0 saturated heterocycles. The minimum atomic E-state index is -0.650. The van der Waals surface area contributed by atoms with Crippen molar-refractivity contribution in [2.24, 2.45) is 5.16 Å². The lowest BCUT2D eigenvalue weighted by atomic mass is 10.3. The van der Waals surface area contributed by atoms with Crippen molar-refractivity contribution in [2.75, 3.05) is 18.2 Å². The Morgan fingerprint density at radius 2 is 1.93 bits per heavy atom. The van der Waals surface area contributed by atoms with Crippen molar-refractivity contribution in [2.45, 2.75) is 0 Å². The fourth-order valence-corrected chi connectivity index (χ4v) is 2.39. The molecule has 148 valence electrons. The van der Waals surface area contributed by atoms with Crippen molar-refractivity contribution in [3.05, 3.63) is 65.4 Å². The van der Waals surface area contributed by atoms with Crippen molar-refractivity contribution in [1.82, 2.24) is 9.97 Å². The molecule has 3 N–H and O–H groups in total. The number of aromatic nitrogens is 2. The summed E-state index contributed by atoms with van der Waals surface area (Å²) < 4.78 is 10.9. The second-order valence-electron chi connectivity index (χ2n) is 5.49. The monoisotopic (exact) mass is 413 g/mol. The van der Waals surface area contributed by atoms with E-state index in [0.717, 1.165) is 0 Å². The van der Waals surface area contributed by atoms with Crippen LogP contribution in [0, 0.1) is 0 Å². The van der Waals surface area contributed by atoms with Gasteiger partial charge in [-0.2, -0.15) is 0 Å². The Kier molecular flexibility index (Phi) is 6.43. The molecule has 0 radical (unpaired) electrons. The van der Waals surface area contributed by atoms with Crippen molar-refractivity contribution in [1.29, 1.82) is 0 Å². The van der Waals surface area contributed by atoms with E-state index < -0.39 is 6.09 Å². The van der Waals surface area contributed by atoms with Crippen molar-refractivity contribution >= 4 is 35.4 Å². The number of anilines is 2. The van der Waals surface area contributed by atoms with Gasteiger partial charge in [0.1, 0.15) is 36.3 Å². The molecule has 1 heterocycles. The second kappa shape index (κ2) is 9.38. The number of nitrogens with two attached hydrogens (primary N) is 1. The molecule has 0 fully saturated rings. The average Bonchev–Trinajstić information content (AvgIpc) is 2.69. The molecule has 0 atom stereocenters. The van der Waals surface area contributed by atoms with Crippen LogP contribution in [0.5, 0.6) is 17.4 Å². The normalized spacial score (nSPS) is 10.6. The molecule has 1 aromatic heterocycles. The molecule has 0 aliphatic heterocycles. The lowest BCUT2D eigenvalue weighted by Gasteiger charge is -2.10. The minimum Gasteiger partial charge on any atom is -0.438 e. The lowest BCUT2D eigenvalue weighted by molar-refractivity contribution is 0.215. The Labute approximate surface area is 171 Å². The Morgan fingerprint density at radius 1 is 1.17 bits per heavy atom. The fourth-order valence-electron chi connectivity index (χ4n) is 2.20. The number of hydrogen-bond donors (Lipinski definition) is 2. The summed E-state index contributed by atoms with van der Waals surface area (Å²) >= 11 is 5.88. The SMILES string of the molecule is CON=Cc1c(N)ncnc1Oc1ccc(OC(=O)Nc2cccc(Cl)c2)cc1. The Morgan fingerprint density at radius 3 is 2.66 bits per heavy atom. The highest BCUT2D eigenvalue weighted by atomic mass is 35.5. The van der Waals surface area contributed by atoms with E-state index >= 15 is 0 Å². The van der Waals surface area contributed by atoms with Gasteiger partial charge in [0, 0.05) is 10.7 Å². The summed E-state index contributed by atoms with van der Waals surface area (Å²) in [7, 11) is 1.40. The highest BCUT2D eigenvalue weighted by Crippen LogP contribution is 2.26. The van der Waals surface area contributed by atoms with Gasteiger partial charge in [0.05, 0.1) is 6.21 Å². The maximum absolute atomic E-state index is 12.0. The zero-order valence-electron chi connectivity index (χ0n) is 15.2. The van der Waals surface area contributed by atoms with Crippen LogP contribution in [0.1, 0.15) is 5.56 Å². The first-order valence-corrected chi connectivity index (χ1v) is 8.62. The molecule has 9 nitrogen and oxygen atoms in total. The summed E-state index contributed by atoms with van der Waals surface area (Å²) in [5.74, 6) is 1.15. The third-order valence-corrected chi connectivity index (χ3v) is 3.72. The number of benzene rings is 2. The van der Waals surface area contributed by atoms with Crippen molar-refractivity contribution in [3.63, 3.8) is 0 Å². The molecular weight excluding hydrogens is 398 g/mol. The lowest BCUT2D eigenvalue weighted by Crippen LogP contribution is -2.16. The largest absolute Gasteiger partial charge is 0.438 e. The Balaban J connectivity index is 1.66. The number of amides is 1. The molecule has 10 heteroatoms. The number of carbonyl (C=O) groups excluding carboxylic acids is 1. The van der Waals surface area contributed by atoms with Crippen LogP contribution < -0.4 is 20.5 Å². The van der Waals surface area contributed by atoms with Crippen LogP contribution in [0.15, 0.2) is 60.0 Å². The molecule has 2 aromatic carbocycles. The molecule has 0 aliphatic rings. The van der Waals surface area contributed by atoms with E-state index in [1.165, 1.54) is 19.7 Å². The average molecular weight is 414 g/mol. The molecule has 29 heavy (non-hydrogen) atoms. The zero-order chi connectivity index (χ0) is 20.6. The molecular formula is C19H16ClN5O4. The van der Waals surface area contributed by atoms with Gasteiger partial charge in [-0.3, -0.25) is 5.32 Å². The van der Waals surface area contributed by atoms with E-state index in [1.54, 1.807) is 48.5 Å².